The van der Waals surface area contributed by atoms with Crippen LogP contribution in [0.1, 0.15) is 5.56 Å². The molecule has 0 saturated heterocycles. The summed E-state index contributed by atoms with van der Waals surface area (Å²) in [5, 5.41) is 0. The summed E-state index contributed by atoms with van der Waals surface area (Å²) in [6.07, 6.45) is 4.12. The Hall–Kier alpha value is -3.41. The zero-order valence-corrected chi connectivity index (χ0v) is 13.6. The fourth-order valence-electron chi connectivity index (χ4n) is 2.89. The molecule has 2 aromatic carbocycles. The lowest BCUT2D eigenvalue weighted by Crippen LogP contribution is -2.22. The summed E-state index contributed by atoms with van der Waals surface area (Å²) in [5.74, 6) is -1.40. The largest absolute Gasteiger partial charge is 0.301 e. The van der Waals surface area contributed by atoms with Gasteiger partial charge in [0.15, 0.2) is 0 Å². The average molecular weight is 349 g/mol. The topological polar surface area (TPSA) is 47.8 Å². The molecule has 26 heavy (non-hydrogen) atoms. The summed E-state index contributed by atoms with van der Waals surface area (Å²) in [6, 6.07) is 13.2. The molecule has 0 saturated carbocycles. The number of fused-ring (bicyclic) bond motifs is 1. The fraction of sp³-hybridized carbons (Fsp3) is 0.0500. The summed E-state index contributed by atoms with van der Waals surface area (Å²) in [5.41, 5.74) is 1.51. The Morgan fingerprint density at radius 1 is 0.923 bits per heavy atom. The third kappa shape index (κ3) is 2.86. The van der Waals surface area contributed by atoms with E-state index in [1.54, 1.807) is 30.3 Å². The van der Waals surface area contributed by atoms with Gasteiger partial charge in [0.25, 0.3) is 5.56 Å². The van der Waals surface area contributed by atoms with Crippen LogP contribution in [0.3, 0.4) is 0 Å². The Balaban J connectivity index is 1.81. The number of hydrogen-bond donors (Lipinski definition) is 0. The summed E-state index contributed by atoms with van der Waals surface area (Å²) in [4.78, 5) is 20.1. The van der Waals surface area contributed by atoms with Gasteiger partial charge in [-0.3, -0.25) is 9.78 Å². The predicted molar refractivity (Wildman–Crippen MR) is 94.7 cm³/mol. The van der Waals surface area contributed by atoms with E-state index in [1.165, 1.54) is 29.1 Å². The van der Waals surface area contributed by atoms with E-state index in [1.807, 2.05) is 6.07 Å². The molecule has 0 fully saturated rings. The molecule has 0 radical (unpaired) electrons. The summed E-state index contributed by atoms with van der Waals surface area (Å²) in [6.45, 7) is -0.228. The lowest BCUT2D eigenvalue weighted by Gasteiger charge is -2.12. The second kappa shape index (κ2) is 6.48. The first kappa shape index (κ1) is 16.1. The maximum atomic E-state index is 14.6. The van der Waals surface area contributed by atoms with Crippen molar-refractivity contribution in [2.75, 3.05) is 0 Å². The van der Waals surface area contributed by atoms with Gasteiger partial charge in [0, 0.05) is 11.8 Å². The molecule has 4 aromatic rings. The molecular weight excluding hydrogens is 336 g/mol. The number of hydrogen-bond acceptors (Lipinski definition) is 3. The van der Waals surface area contributed by atoms with Crippen LogP contribution in [0.25, 0.3) is 22.2 Å². The zero-order chi connectivity index (χ0) is 18.1. The van der Waals surface area contributed by atoms with Crippen LogP contribution in [0.4, 0.5) is 8.78 Å². The molecule has 0 spiro atoms. The molecule has 0 unspecified atom stereocenters. The van der Waals surface area contributed by atoms with Crippen molar-refractivity contribution in [1.29, 1.82) is 0 Å². The summed E-state index contributed by atoms with van der Waals surface area (Å²) in [7, 11) is 0. The third-order valence-corrected chi connectivity index (χ3v) is 4.21. The Morgan fingerprint density at radius 2 is 1.65 bits per heavy atom. The van der Waals surface area contributed by atoms with Gasteiger partial charge in [0.2, 0.25) is 0 Å². The molecule has 4 nitrogen and oxygen atoms in total. The monoisotopic (exact) mass is 349 g/mol. The van der Waals surface area contributed by atoms with Gasteiger partial charge >= 0.3 is 0 Å². The lowest BCUT2D eigenvalue weighted by atomic mass is 10.0. The maximum absolute atomic E-state index is 14.6. The van der Waals surface area contributed by atoms with Gasteiger partial charge < -0.3 is 4.57 Å². The second-order valence-corrected chi connectivity index (χ2v) is 5.83. The van der Waals surface area contributed by atoms with E-state index in [4.69, 9.17) is 0 Å². The molecule has 0 aliphatic heterocycles. The molecule has 0 bridgehead atoms. The predicted octanol–water partition coefficient (Wildman–Crippen LogP) is 3.79. The number of pyridine rings is 1. The fourth-order valence-corrected chi connectivity index (χ4v) is 2.89. The van der Waals surface area contributed by atoms with Crippen LogP contribution in [-0.4, -0.2) is 14.5 Å². The minimum Gasteiger partial charge on any atom is -0.301 e. The van der Waals surface area contributed by atoms with Crippen molar-refractivity contribution in [3.63, 3.8) is 0 Å². The molecule has 2 aromatic heterocycles. The van der Waals surface area contributed by atoms with E-state index in [0.717, 1.165) is 11.8 Å². The van der Waals surface area contributed by atoms with E-state index in [9.17, 15) is 13.6 Å². The van der Waals surface area contributed by atoms with Crippen LogP contribution in [-0.2, 0) is 6.54 Å². The van der Waals surface area contributed by atoms with Gasteiger partial charge in [-0.25, -0.2) is 13.8 Å². The maximum Gasteiger partial charge on any atom is 0.269 e. The quantitative estimate of drug-likeness (QED) is 0.565. The van der Waals surface area contributed by atoms with E-state index in [0.29, 0.717) is 16.6 Å². The Labute approximate surface area is 147 Å². The van der Waals surface area contributed by atoms with Crippen LogP contribution in [0.5, 0.6) is 0 Å². The van der Waals surface area contributed by atoms with Crippen molar-refractivity contribution in [2.45, 2.75) is 6.54 Å². The SMILES string of the molecule is O=c1cnc2cnccc2n1Cc1c(F)cc(-c2ccccc2)cc1F. The average Bonchev–Trinajstić information content (AvgIpc) is 2.66. The van der Waals surface area contributed by atoms with Gasteiger partial charge in [0.1, 0.15) is 17.2 Å². The van der Waals surface area contributed by atoms with E-state index in [2.05, 4.69) is 9.97 Å². The molecular formula is C20H13F2N3O. The van der Waals surface area contributed by atoms with Crippen LogP contribution in [0.2, 0.25) is 0 Å². The second-order valence-electron chi connectivity index (χ2n) is 5.83. The Kier molecular flexibility index (Phi) is 4.01. The summed E-state index contributed by atoms with van der Waals surface area (Å²) < 4.78 is 30.5. The molecule has 128 valence electrons. The van der Waals surface area contributed by atoms with Crippen molar-refractivity contribution in [1.82, 2.24) is 14.5 Å². The van der Waals surface area contributed by atoms with Crippen LogP contribution in [0.15, 0.2) is 71.9 Å². The number of aromatic nitrogens is 3. The number of halogens is 2. The smallest absolute Gasteiger partial charge is 0.269 e. The van der Waals surface area contributed by atoms with Crippen LogP contribution >= 0.6 is 0 Å². The highest BCUT2D eigenvalue weighted by Crippen LogP contribution is 2.25. The molecule has 0 atom stereocenters. The number of benzene rings is 2. The number of rotatable bonds is 3. The lowest BCUT2D eigenvalue weighted by molar-refractivity contribution is 0.545. The van der Waals surface area contributed by atoms with Gasteiger partial charge in [-0.2, -0.15) is 0 Å². The van der Waals surface area contributed by atoms with Crippen molar-refractivity contribution >= 4 is 11.0 Å². The first-order valence-corrected chi connectivity index (χ1v) is 7.96. The molecule has 0 N–H and O–H groups in total. The molecule has 2 heterocycles. The van der Waals surface area contributed by atoms with Crippen molar-refractivity contribution in [2.24, 2.45) is 0 Å². The van der Waals surface area contributed by atoms with E-state index in [-0.39, 0.29) is 12.1 Å². The van der Waals surface area contributed by atoms with Crippen molar-refractivity contribution in [3.05, 3.63) is 94.7 Å². The molecule has 0 aliphatic rings. The highest BCUT2D eigenvalue weighted by molar-refractivity contribution is 5.73. The normalized spacial score (nSPS) is 11.0. The zero-order valence-electron chi connectivity index (χ0n) is 13.6. The molecule has 4 rings (SSSR count). The van der Waals surface area contributed by atoms with Gasteiger partial charge in [-0.1, -0.05) is 30.3 Å². The molecule has 6 heteroatoms. The minimum absolute atomic E-state index is 0.170. The van der Waals surface area contributed by atoms with Crippen molar-refractivity contribution in [3.8, 4) is 11.1 Å². The summed E-state index contributed by atoms with van der Waals surface area (Å²) >= 11 is 0. The van der Waals surface area contributed by atoms with Crippen molar-refractivity contribution < 1.29 is 8.78 Å². The van der Waals surface area contributed by atoms with Crippen LogP contribution in [0, 0.1) is 11.6 Å². The minimum atomic E-state index is -0.699. The highest BCUT2D eigenvalue weighted by Gasteiger charge is 2.15. The first-order chi connectivity index (χ1) is 12.6. The molecule has 0 aliphatic carbocycles. The van der Waals surface area contributed by atoms with Crippen LogP contribution < -0.4 is 5.56 Å². The van der Waals surface area contributed by atoms with Gasteiger partial charge in [-0.05, 0) is 29.3 Å². The standard InChI is InChI=1S/C20H13F2N3O/c21-16-8-14(13-4-2-1-3-5-13)9-17(22)15(16)12-25-19-6-7-23-10-18(19)24-11-20(25)26/h1-11H,12H2. The molecule has 0 amide bonds. The van der Waals surface area contributed by atoms with Gasteiger partial charge in [-0.15, -0.1) is 0 Å². The number of nitrogens with zero attached hydrogens (tertiary/aromatic N) is 3. The third-order valence-electron chi connectivity index (χ3n) is 4.21. The first-order valence-electron chi connectivity index (χ1n) is 7.96. The Bertz CT molecular complexity index is 1130. The van der Waals surface area contributed by atoms with E-state index < -0.39 is 17.2 Å². The van der Waals surface area contributed by atoms with E-state index >= 15 is 0 Å². The van der Waals surface area contributed by atoms with Gasteiger partial charge in [0.05, 0.1) is 24.5 Å². The Morgan fingerprint density at radius 3 is 2.38 bits per heavy atom. The highest BCUT2D eigenvalue weighted by atomic mass is 19.1.